The molecule has 0 saturated carbocycles. The Kier molecular flexibility index (Phi) is 8.08. The van der Waals surface area contributed by atoms with Crippen LogP contribution in [-0.2, 0) is 6.42 Å². The summed E-state index contributed by atoms with van der Waals surface area (Å²) in [6, 6.07) is 7.38. The van der Waals surface area contributed by atoms with E-state index in [1.54, 1.807) is 6.20 Å². The molecule has 1 atom stereocenters. The number of rotatable bonds is 10. The molecule has 1 amide bonds. The van der Waals surface area contributed by atoms with Crippen LogP contribution in [-0.4, -0.2) is 36.4 Å². The van der Waals surface area contributed by atoms with Gasteiger partial charge in [-0.2, -0.15) is 0 Å². The van der Waals surface area contributed by atoms with E-state index in [0.29, 0.717) is 35.8 Å². The second-order valence-electron chi connectivity index (χ2n) is 8.09. The van der Waals surface area contributed by atoms with E-state index in [4.69, 9.17) is 4.74 Å². The molecule has 6 nitrogen and oxygen atoms in total. The van der Waals surface area contributed by atoms with Crippen molar-refractivity contribution in [2.45, 2.75) is 52.4 Å². The number of anilines is 1. The summed E-state index contributed by atoms with van der Waals surface area (Å²) >= 11 is 0. The van der Waals surface area contributed by atoms with Gasteiger partial charge in [0.1, 0.15) is 5.75 Å². The third-order valence-electron chi connectivity index (χ3n) is 5.61. The van der Waals surface area contributed by atoms with Crippen molar-refractivity contribution in [3.05, 3.63) is 47.3 Å². The Labute approximate surface area is 178 Å². The fraction of sp³-hybridized carbons (Fsp3) is 0.500. The summed E-state index contributed by atoms with van der Waals surface area (Å²) in [4.78, 5) is 28.3. The molecule has 3 rings (SSSR count). The summed E-state index contributed by atoms with van der Waals surface area (Å²) < 4.78 is 5.82. The number of fused-ring (bicyclic) bond motifs is 1. The minimum absolute atomic E-state index is 0.0490. The van der Waals surface area contributed by atoms with Gasteiger partial charge in [0.05, 0.1) is 17.7 Å². The van der Waals surface area contributed by atoms with E-state index in [-0.39, 0.29) is 11.7 Å². The van der Waals surface area contributed by atoms with Crippen LogP contribution in [0, 0.1) is 5.92 Å². The molecule has 0 spiro atoms. The molecule has 3 N–H and O–H groups in total. The lowest BCUT2D eigenvalue weighted by Crippen LogP contribution is -2.23. The molecule has 0 aliphatic heterocycles. The maximum Gasteiger partial charge on any atom is 0.257 e. The lowest BCUT2D eigenvalue weighted by molar-refractivity contribution is 0.0965. The van der Waals surface area contributed by atoms with Crippen LogP contribution in [0.5, 0.6) is 5.75 Å². The number of aromatic amines is 1. The number of Topliss-reactive ketones (excluding diaryl/α,β-unsaturated/α-hetero) is 1. The van der Waals surface area contributed by atoms with Gasteiger partial charge in [-0.3, -0.25) is 9.59 Å². The highest BCUT2D eigenvalue weighted by molar-refractivity contribution is 6.13. The van der Waals surface area contributed by atoms with Crippen molar-refractivity contribution in [2.24, 2.45) is 5.92 Å². The van der Waals surface area contributed by atoms with Gasteiger partial charge in [0.25, 0.3) is 5.91 Å². The van der Waals surface area contributed by atoms with Crippen molar-refractivity contribution in [1.82, 2.24) is 10.3 Å². The first kappa shape index (κ1) is 22.1. The molecule has 1 aromatic carbocycles. The quantitative estimate of drug-likeness (QED) is 0.395. The summed E-state index contributed by atoms with van der Waals surface area (Å²) in [5.41, 5.74) is 2.52. The van der Waals surface area contributed by atoms with Gasteiger partial charge in [0.2, 0.25) is 0 Å². The van der Waals surface area contributed by atoms with Crippen LogP contribution in [0.15, 0.2) is 30.5 Å². The molecule has 162 valence electrons. The van der Waals surface area contributed by atoms with Crippen molar-refractivity contribution in [3.63, 3.8) is 0 Å². The van der Waals surface area contributed by atoms with Gasteiger partial charge in [0.15, 0.2) is 5.78 Å². The van der Waals surface area contributed by atoms with E-state index in [2.05, 4.69) is 29.5 Å². The second kappa shape index (κ2) is 11.0. The Bertz CT molecular complexity index is 859. The van der Waals surface area contributed by atoms with Crippen molar-refractivity contribution in [3.8, 4) is 5.75 Å². The molecule has 1 heterocycles. The number of nitrogens with one attached hydrogen (secondary N) is 3. The number of aryl methyl sites for hydroxylation is 1. The van der Waals surface area contributed by atoms with E-state index in [1.165, 1.54) is 6.42 Å². The molecule has 6 heteroatoms. The summed E-state index contributed by atoms with van der Waals surface area (Å²) in [7, 11) is 0. The van der Waals surface area contributed by atoms with E-state index in [0.717, 1.165) is 50.2 Å². The fourth-order valence-electron chi connectivity index (χ4n) is 3.62. The van der Waals surface area contributed by atoms with Gasteiger partial charge >= 0.3 is 0 Å². The predicted octanol–water partition coefficient (Wildman–Crippen LogP) is 4.58. The highest BCUT2D eigenvalue weighted by atomic mass is 16.5. The van der Waals surface area contributed by atoms with Crippen LogP contribution < -0.4 is 15.4 Å². The number of aromatic nitrogens is 1. The molecular weight excluding hydrogens is 378 g/mol. The Morgan fingerprint density at radius 1 is 1.27 bits per heavy atom. The largest absolute Gasteiger partial charge is 0.493 e. The topological polar surface area (TPSA) is 83.2 Å². The second-order valence-corrected chi connectivity index (χ2v) is 8.09. The summed E-state index contributed by atoms with van der Waals surface area (Å²) in [5.74, 6) is 1.19. The molecule has 0 radical (unpaired) electrons. The smallest absolute Gasteiger partial charge is 0.257 e. The molecule has 0 fully saturated rings. The van der Waals surface area contributed by atoms with Gasteiger partial charge < -0.3 is 20.4 Å². The Morgan fingerprint density at radius 3 is 2.93 bits per heavy atom. The summed E-state index contributed by atoms with van der Waals surface area (Å²) in [5, 5.41) is 6.34. The number of ether oxygens (including phenoxy) is 1. The van der Waals surface area contributed by atoms with Crippen LogP contribution in [0.3, 0.4) is 0 Å². The first-order valence-corrected chi connectivity index (χ1v) is 11.1. The van der Waals surface area contributed by atoms with Crippen LogP contribution >= 0.6 is 0 Å². The molecule has 0 bridgehead atoms. The first-order chi connectivity index (χ1) is 14.6. The molecule has 1 aliphatic rings. The first-order valence-electron chi connectivity index (χ1n) is 11.1. The number of benzene rings is 1. The zero-order valence-electron chi connectivity index (χ0n) is 18.1. The lowest BCUT2D eigenvalue weighted by atomic mass is 10.0. The Balaban J connectivity index is 1.52. The number of hydrogen-bond acceptors (Lipinski definition) is 4. The zero-order chi connectivity index (χ0) is 21.3. The number of H-pyrrole nitrogens is 1. The molecule has 1 unspecified atom stereocenters. The standard InChI is InChI=1S/C24H33N3O3/c1-3-17(2)15-25-12-7-13-30-19-9-6-8-18(14-19)27-24(29)20-16-26-21-10-4-5-11-22(28)23(20)21/h6,8-9,14,16-17,25-26H,3-5,7,10-13,15H2,1-2H3,(H,27,29). The monoisotopic (exact) mass is 411 g/mol. The van der Waals surface area contributed by atoms with Gasteiger partial charge in [-0.15, -0.1) is 0 Å². The number of amides is 1. The van der Waals surface area contributed by atoms with Crippen LogP contribution in [0.1, 0.15) is 72.4 Å². The van der Waals surface area contributed by atoms with E-state index in [9.17, 15) is 9.59 Å². The molecular formula is C24H33N3O3. The Morgan fingerprint density at radius 2 is 2.10 bits per heavy atom. The Hall–Kier alpha value is -2.60. The maximum atomic E-state index is 12.8. The highest BCUT2D eigenvalue weighted by Crippen LogP contribution is 2.25. The molecule has 30 heavy (non-hydrogen) atoms. The molecule has 1 aliphatic carbocycles. The van der Waals surface area contributed by atoms with E-state index < -0.39 is 0 Å². The van der Waals surface area contributed by atoms with Gasteiger partial charge in [0, 0.05) is 30.1 Å². The molecule has 2 aromatic rings. The van der Waals surface area contributed by atoms with Crippen LogP contribution in [0.2, 0.25) is 0 Å². The lowest BCUT2D eigenvalue weighted by Gasteiger charge is -2.11. The number of ketones is 1. The normalized spacial score (nSPS) is 14.7. The predicted molar refractivity (Wildman–Crippen MR) is 120 cm³/mol. The average Bonchev–Trinajstić information content (AvgIpc) is 3.09. The minimum atomic E-state index is -0.269. The van der Waals surface area contributed by atoms with Crippen LogP contribution in [0.4, 0.5) is 5.69 Å². The van der Waals surface area contributed by atoms with Crippen LogP contribution in [0.25, 0.3) is 0 Å². The number of hydrogen-bond donors (Lipinski definition) is 3. The number of carbonyl (C=O) groups is 2. The van der Waals surface area contributed by atoms with Crippen molar-refractivity contribution >= 4 is 17.4 Å². The van der Waals surface area contributed by atoms with Crippen molar-refractivity contribution < 1.29 is 14.3 Å². The van der Waals surface area contributed by atoms with Gasteiger partial charge in [-0.25, -0.2) is 0 Å². The SMILES string of the molecule is CCC(C)CNCCCOc1cccc(NC(=O)c2c[nH]c3c2C(=O)CCCC3)c1. The van der Waals surface area contributed by atoms with Crippen molar-refractivity contribution in [2.75, 3.05) is 25.0 Å². The fourth-order valence-corrected chi connectivity index (χ4v) is 3.62. The van der Waals surface area contributed by atoms with Crippen molar-refractivity contribution in [1.29, 1.82) is 0 Å². The van der Waals surface area contributed by atoms with Gasteiger partial charge in [-0.05, 0) is 56.8 Å². The highest BCUT2D eigenvalue weighted by Gasteiger charge is 2.24. The number of carbonyl (C=O) groups excluding carboxylic acids is 2. The van der Waals surface area contributed by atoms with E-state index >= 15 is 0 Å². The van der Waals surface area contributed by atoms with Gasteiger partial charge in [-0.1, -0.05) is 26.3 Å². The average molecular weight is 412 g/mol. The summed E-state index contributed by atoms with van der Waals surface area (Å²) in [6.45, 7) is 7.01. The third kappa shape index (κ3) is 5.95. The third-order valence-corrected chi connectivity index (χ3v) is 5.61. The van der Waals surface area contributed by atoms with E-state index in [1.807, 2.05) is 24.3 Å². The maximum absolute atomic E-state index is 12.8. The summed E-state index contributed by atoms with van der Waals surface area (Å²) in [6.07, 6.45) is 6.90. The minimum Gasteiger partial charge on any atom is -0.493 e. The molecule has 1 aromatic heterocycles. The zero-order valence-corrected chi connectivity index (χ0v) is 18.1. The molecule has 0 saturated heterocycles.